The third-order valence-corrected chi connectivity index (χ3v) is 5.33. The largest absolute Gasteiger partial charge is 0.318 e. The third-order valence-electron chi connectivity index (χ3n) is 5.33. The Kier molecular flexibility index (Phi) is 5.04. The van der Waals surface area contributed by atoms with Crippen LogP contribution in [-0.2, 0) is 11.2 Å². The van der Waals surface area contributed by atoms with Crippen LogP contribution in [0.2, 0.25) is 0 Å². The van der Waals surface area contributed by atoms with Gasteiger partial charge in [-0.15, -0.1) is 0 Å². The normalized spacial score (nSPS) is 17.2. The minimum absolute atomic E-state index is 0.425. The van der Waals surface area contributed by atoms with E-state index in [1.165, 1.54) is 18.4 Å². The molecule has 1 fully saturated rings. The van der Waals surface area contributed by atoms with Crippen molar-refractivity contribution in [2.75, 3.05) is 25.0 Å². The number of rotatable bonds is 3. The number of benzene rings is 2. The third kappa shape index (κ3) is 4.10. The maximum atomic E-state index is 11.8. The van der Waals surface area contributed by atoms with Gasteiger partial charge in [0, 0.05) is 5.56 Å². The average Bonchev–Trinajstić information content (AvgIpc) is 2.98. The van der Waals surface area contributed by atoms with Gasteiger partial charge in [0.05, 0.1) is 17.8 Å². The summed E-state index contributed by atoms with van der Waals surface area (Å²) in [5.41, 5.74) is 3.21. The Morgan fingerprint density at radius 1 is 1.04 bits per heavy atom. The molecule has 1 N–H and O–H groups in total. The molecule has 2 aromatic carbocycles. The van der Waals surface area contributed by atoms with Crippen LogP contribution in [0.5, 0.6) is 0 Å². The van der Waals surface area contributed by atoms with Crippen LogP contribution >= 0.6 is 0 Å². The molecule has 0 aliphatic carbocycles. The van der Waals surface area contributed by atoms with E-state index in [4.69, 9.17) is 0 Å². The molecule has 2 aliphatic rings. The molecule has 136 valence electrons. The highest BCUT2D eigenvalue weighted by Gasteiger charge is 2.27. The Labute approximate surface area is 159 Å². The molecule has 1 saturated heterocycles. The minimum Gasteiger partial charge on any atom is -0.318 e. The van der Waals surface area contributed by atoms with Crippen molar-refractivity contribution in [3.05, 3.63) is 65.2 Å². The summed E-state index contributed by atoms with van der Waals surface area (Å²) < 4.78 is 0. The molecule has 0 spiro atoms. The number of nitrogens with one attached hydrogen (secondary N) is 1. The molecule has 0 aromatic heterocycles. The average molecular weight is 358 g/mol. The van der Waals surface area contributed by atoms with Crippen molar-refractivity contribution in [2.24, 2.45) is 5.92 Å². The van der Waals surface area contributed by atoms with Gasteiger partial charge in [-0.05, 0) is 62.0 Å². The Morgan fingerprint density at radius 3 is 2.59 bits per heavy atom. The van der Waals surface area contributed by atoms with Crippen LogP contribution in [0.25, 0.3) is 0 Å². The molecule has 0 saturated carbocycles. The second kappa shape index (κ2) is 7.77. The van der Waals surface area contributed by atoms with E-state index in [1.54, 1.807) is 12.1 Å². The summed E-state index contributed by atoms with van der Waals surface area (Å²) >= 11 is 0. The summed E-state index contributed by atoms with van der Waals surface area (Å²) in [7, 11) is 0. The number of fused-ring (bicyclic) bond motifs is 1. The van der Waals surface area contributed by atoms with Crippen LogP contribution in [0.1, 0.15) is 34.3 Å². The minimum atomic E-state index is -0.562. The lowest BCUT2D eigenvalue weighted by Crippen LogP contribution is -2.34. The molecule has 2 aliphatic heterocycles. The zero-order valence-electron chi connectivity index (χ0n) is 15.2. The highest BCUT2D eigenvalue weighted by atomic mass is 16.2. The molecule has 0 radical (unpaired) electrons. The van der Waals surface area contributed by atoms with Crippen LogP contribution in [-0.4, -0.2) is 36.2 Å². The topological polar surface area (TPSA) is 49.4 Å². The van der Waals surface area contributed by atoms with E-state index in [1.807, 2.05) is 6.07 Å². The van der Waals surface area contributed by atoms with Crippen molar-refractivity contribution < 1.29 is 9.59 Å². The number of nitrogens with zero attached hydrogens (tertiary/aromatic N) is 1. The fourth-order valence-corrected chi connectivity index (χ4v) is 3.77. The van der Waals surface area contributed by atoms with E-state index in [9.17, 15) is 9.59 Å². The molecule has 2 heterocycles. The van der Waals surface area contributed by atoms with Crippen LogP contribution in [0.4, 0.5) is 5.69 Å². The fraction of sp³-hybridized carbons (Fsp3) is 0.304. The van der Waals surface area contributed by atoms with E-state index < -0.39 is 11.7 Å². The van der Waals surface area contributed by atoms with Gasteiger partial charge in [0.2, 0.25) is 0 Å². The number of Topliss-reactive ketones (excluding diaryl/α,β-unsaturated/α-hetero) is 1. The number of ketones is 1. The molecule has 2 aromatic rings. The summed E-state index contributed by atoms with van der Waals surface area (Å²) in [6.45, 7) is 2.89. The Hall–Kier alpha value is -2.90. The first-order valence-electron chi connectivity index (χ1n) is 9.44. The predicted molar refractivity (Wildman–Crippen MR) is 106 cm³/mol. The predicted octanol–water partition coefficient (Wildman–Crippen LogP) is 3.13. The van der Waals surface area contributed by atoms with E-state index in [0.29, 0.717) is 11.3 Å². The standard InChI is InChI=1S/C23H22N2O2/c26-22-20-16-18(8-9-21(20)24-23(22)27)7-4-12-25-13-10-19(11-14-25)15-17-5-2-1-3-6-17/h1-3,5-6,8-9,16,19H,10-15H2,(H,24,26,27). The maximum absolute atomic E-state index is 11.8. The van der Waals surface area contributed by atoms with Crippen molar-refractivity contribution in [1.82, 2.24) is 4.90 Å². The van der Waals surface area contributed by atoms with E-state index >= 15 is 0 Å². The molecule has 0 bridgehead atoms. The number of hydrogen-bond acceptors (Lipinski definition) is 3. The van der Waals surface area contributed by atoms with Gasteiger partial charge >= 0.3 is 0 Å². The molecule has 4 rings (SSSR count). The lowest BCUT2D eigenvalue weighted by Gasteiger charge is -2.30. The molecule has 4 heteroatoms. The second-order valence-corrected chi connectivity index (χ2v) is 7.25. The highest BCUT2D eigenvalue weighted by molar-refractivity contribution is 6.51. The van der Waals surface area contributed by atoms with Crippen LogP contribution in [0.3, 0.4) is 0 Å². The van der Waals surface area contributed by atoms with Gasteiger partial charge in [-0.2, -0.15) is 0 Å². The number of piperidine rings is 1. The number of hydrogen-bond donors (Lipinski definition) is 1. The van der Waals surface area contributed by atoms with Crippen molar-refractivity contribution in [2.45, 2.75) is 19.3 Å². The van der Waals surface area contributed by atoms with Gasteiger partial charge < -0.3 is 5.32 Å². The number of amides is 1. The Balaban J connectivity index is 1.29. The van der Waals surface area contributed by atoms with Gasteiger partial charge in [-0.3, -0.25) is 14.5 Å². The SMILES string of the molecule is O=C1Nc2ccc(C#CCN3CCC(Cc4ccccc4)CC3)cc2C1=O. The summed E-state index contributed by atoms with van der Waals surface area (Å²) in [5.74, 6) is 6.05. The second-order valence-electron chi connectivity index (χ2n) is 7.25. The van der Waals surface area contributed by atoms with E-state index in [-0.39, 0.29) is 0 Å². The smallest absolute Gasteiger partial charge is 0.296 e. The number of carbonyl (C=O) groups is 2. The van der Waals surface area contributed by atoms with Gasteiger partial charge in [-0.25, -0.2) is 0 Å². The first-order chi connectivity index (χ1) is 13.2. The van der Waals surface area contributed by atoms with Crippen molar-refractivity contribution >= 4 is 17.4 Å². The maximum Gasteiger partial charge on any atom is 0.296 e. The van der Waals surface area contributed by atoms with Crippen LogP contribution in [0, 0.1) is 17.8 Å². The number of likely N-dealkylation sites (tertiary alicyclic amines) is 1. The first kappa shape index (κ1) is 17.5. The molecule has 0 atom stereocenters. The van der Waals surface area contributed by atoms with Gasteiger partial charge in [-0.1, -0.05) is 42.2 Å². The van der Waals surface area contributed by atoms with Crippen LogP contribution in [0.15, 0.2) is 48.5 Å². The fourth-order valence-electron chi connectivity index (χ4n) is 3.77. The van der Waals surface area contributed by atoms with Crippen molar-refractivity contribution in [3.8, 4) is 11.8 Å². The van der Waals surface area contributed by atoms with E-state index in [2.05, 4.69) is 52.4 Å². The molecule has 4 nitrogen and oxygen atoms in total. The Bertz CT molecular complexity index is 916. The first-order valence-corrected chi connectivity index (χ1v) is 9.44. The van der Waals surface area contributed by atoms with Crippen LogP contribution < -0.4 is 5.32 Å². The number of anilines is 1. The summed E-state index contributed by atoms with van der Waals surface area (Å²) in [5, 5.41) is 2.56. The quantitative estimate of drug-likeness (QED) is 0.677. The van der Waals surface area contributed by atoms with Gasteiger partial charge in [0.1, 0.15) is 0 Å². The van der Waals surface area contributed by atoms with Gasteiger partial charge in [0.15, 0.2) is 0 Å². The van der Waals surface area contributed by atoms with Crippen molar-refractivity contribution in [3.63, 3.8) is 0 Å². The molecular weight excluding hydrogens is 336 g/mol. The summed E-state index contributed by atoms with van der Waals surface area (Å²) in [6, 6.07) is 16.0. The molecule has 1 amide bonds. The zero-order chi connectivity index (χ0) is 18.6. The molecule has 27 heavy (non-hydrogen) atoms. The lowest BCUT2D eigenvalue weighted by atomic mass is 9.90. The number of carbonyl (C=O) groups excluding carboxylic acids is 2. The van der Waals surface area contributed by atoms with Crippen molar-refractivity contribution in [1.29, 1.82) is 0 Å². The molecular formula is C23H22N2O2. The summed E-state index contributed by atoms with van der Waals surface area (Å²) in [6.07, 6.45) is 3.58. The Morgan fingerprint density at radius 2 is 1.81 bits per heavy atom. The highest BCUT2D eigenvalue weighted by Crippen LogP contribution is 2.24. The monoisotopic (exact) mass is 358 g/mol. The van der Waals surface area contributed by atoms with E-state index in [0.717, 1.165) is 37.5 Å². The summed E-state index contributed by atoms with van der Waals surface area (Å²) in [4.78, 5) is 25.6. The molecule has 0 unspecified atom stereocenters. The zero-order valence-corrected chi connectivity index (χ0v) is 15.2. The van der Waals surface area contributed by atoms with Gasteiger partial charge in [0.25, 0.3) is 11.7 Å². The lowest BCUT2D eigenvalue weighted by molar-refractivity contribution is -0.112.